The Labute approximate surface area is 102 Å². The number of aromatic carboxylic acids is 1. The number of rotatable bonds is 4. The summed E-state index contributed by atoms with van der Waals surface area (Å²) in [5.41, 5.74) is 0.169. The molecule has 2 N–H and O–H groups in total. The number of aromatic nitrogens is 2. The minimum absolute atomic E-state index is 0.133. The Morgan fingerprint density at radius 2 is 2.22 bits per heavy atom. The summed E-state index contributed by atoms with van der Waals surface area (Å²) in [5, 5.41) is 20.3. The predicted molar refractivity (Wildman–Crippen MR) is 59.7 cm³/mol. The number of hydrogen-bond donors (Lipinski definition) is 2. The maximum absolute atomic E-state index is 10.6. The van der Waals surface area contributed by atoms with Gasteiger partial charge in [0.25, 0.3) is 0 Å². The fraction of sp³-hybridized carbons (Fsp3) is 0.0909. The summed E-state index contributed by atoms with van der Waals surface area (Å²) in [5.74, 6) is -0.500. The van der Waals surface area contributed by atoms with Crippen LogP contribution in [0.2, 0.25) is 0 Å². The van der Waals surface area contributed by atoms with Crippen molar-refractivity contribution in [3.63, 3.8) is 0 Å². The Kier molecular flexibility index (Phi) is 3.20. The molecule has 0 aromatic carbocycles. The molecule has 0 fully saturated rings. The number of anilines is 1. The quantitative estimate of drug-likeness (QED) is 0.832. The molecule has 2 rings (SSSR count). The topological polar surface area (TPSA) is 112 Å². The van der Waals surface area contributed by atoms with Gasteiger partial charge in [-0.05, 0) is 12.1 Å². The number of carboxylic acids is 1. The van der Waals surface area contributed by atoms with Crippen LogP contribution >= 0.6 is 0 Å². The monoisotopic (exact) mass is 244 g/mol. The van der Waals surface area contributed by atoms with Crippen LogP contribution in [0.25, 0.3) is 0 Å². The largest absolute Gasteiger partial charge is 0.475 e. The Bertz CT molecular complexity index is 615. The molecule has 0 spiro atoms. The molecule has 90 valence electrons. The summed E-state index contributed by atoms with van der Waals surface area (Å²) in [6.45, 7) is 0.223. The second-order valence-electron chi connectivity index (χ2n) is 3.29. The van der Waals surface area contributed by atoms with E-state index in [2.05, 4.69) is 15.3 Å². The molecule has 18 heavy (non-hydrogen) atoms. The summed E-state index contributed by atoms with van der Waals surface area (Å²) < 4.78 is 5.05. The van der Waals surface area contributed by atoms with Gasteiger partial charge in [-0.1, -0.05) is 0 Å². The Hall–Kier alpha value is -2.88. The molecule has 0 radical (unpaired) electrons. The van der Waals surface area contributed by atoms with E-state index in [1.165, 1.54) is 18.5 Å². The van der Waals surface area contributed by atoms with E-state index in [1.54, 1.807) is 6.07 Å². The number of carboxylic acid groups (broad SMARTS) is 1. The van der Waals surface area contributed by atoms with E-state index in [1.807, 2.05) is 6.07 Å². The second-order valence-corrected chi connectivity index (χ2v) is 3.29. The van der Waals surface area contributed by atoms with Crippen LogP contribution in [0.1, 0.15) is 22.0 Å². The van der Waals surface area contributed by atoms with Gasteiger partial charge in [-0.15, -0.1) is 0 Å². The molecule has 0 aliphatic heterocycles. The number of carbonyl (C=O) groups is 1. The molecule has 0 aliphatic carbocycles. The van der Waals surface area contributed by atoms with Crippen molar-refractivity contribution in [2.75, 3.05) is 5.32 Å². The summed E-state index contributed by atoms with van der Waals surface area (Å²) >= 11 is 0. The minimum atomic E-state index is -1.13. The molecule has 0 amide bonds. The van der Waals surface area contributed by atoms with Gasteiger partial charge >= 0.3 is 5.97 Å². The van der Waals surface area contributed by atoms with Gasteiger partial charge in [0.15, 0.2) is 11.5 Å². The fourth-order valence-corrected chi connectivity index (χ4v) is 1.31. The van der Waals surface area contributed by atoms with Crippen molar-refractivity contribution in [1.29, 1.82) is 5.26 Å². The van der Waals surface area contributed by atoms with E-state index in [4.69, 9.17) is 14.8 Å². The smallest absolute Gasteiger partial charge is 0.371 e. The standard InChI is InChI=1S/C11H8N4O3/c12-5-8-10(14-4-3-13-8)15-6-7-1-2-9(18-7)11(16)17/h1-4H,6H2,(H,14,15)(H,16,17). The van der Waals surface area contributed by atoms with Crippen LogP contribution in [0.4, 0.5) is 5.82 Å². The van der Waals surface area contributed by atoms with Crippen molar-refractivity contribution in [3.05, 3.63) is 41.7 Å². The van der Waals surface area contributed by atoms with E-state index in [9.17, 15) is 4.79 Å². The molecule has 0 saturated carbocycles. The van der Waals surface area contributed by atoms with Crippen LogP contribution < -0.4 is 5.32 Å². The maximum atomic E-state index is 10.6. The summed E-state index contributed by atoms with van der Waals surface area (Å²) in [6.07, 6.45) is 2.87. The third-order valence-corrected chi connectivity index (χ3v) is 2.11. The van der Waals surface area contributed by atoms with E-state index in [0.29, 0.717) is 11.6 Å². The number of hydrogen-bond acceptors (Lipinski definition) is 6. The lowest BCUT2D eigenvalue weighted by atomic mass is 10.4. The van der Waals surface area contributed by atoms with Gasteiger partial charge in [0, 0.05) is 12.4 Å². The van der Waals surface area contributed by atoms with Crippen LogP contribution in [0, 0.1) is 11.3 Å². The van der Waals surface area contributed by atoms with Crippen LogP contribution in [-0.4, -0.2) is 21.0 Å². The number of nitrogens with one attached hydrogen (secondary N) is 1. The van der Waals surface area contributed by atoms with E-state index in [0.717, 1.165) is 0 Å². The number of furan rings is 1. The zero-order valence-corrected chi connectivity index (χ0v) is 9.12. The first-order valence-electron chi connectivity index (χ1n) is 4.97. The Morgan fingerprint density at radius 3 is 2.89 bits per heavy atom. The lowest BCUT2D eigenvalue weighted by Crippen LogP contribution is -2.03. The average Bonchev–Trinajstić information content (AvgIpc) is 2.85. The summed E-state index contributed by atoms with van der Waals surface area (Å²) in [6, 6.07) is 4.80. The van der Waals surface area contributed by atoms with Gasteiger partial charge < -0.3 is 14.8 Å². The Morgan fingerprint density at radius 1 is 1.44 bits per heavy atom. The van der Waals surface area contributed by atoms with Crippen LogP contribution in [-0.2, 0) is 6.54 Å². The van der Waals surface area contributed by atoms with Crippen LogP contribution in [0.15, 0.2) is 28.9 Å². The van der Waals surface area contributed by atoms with E-state index >= 15 is 0 Å². The molecule has 2 aromatic rings. The molecular formula is C11H8N4O3. The lowest BCUT2D eigenvalue weighted by Gasteiger charge is -2.03. The van der Waals surface area contributed by atoms with Crippen molar-refractivity contribution in [2.45, 2.75) is 6.54 Å². The molecule has 2 heterocycles. The second kappa shape index (κ2) is 4.97. The molecule has 7 nitrogen and oxygen atoms in total. The molecule has 0 bridgehead atoms. The molecule has 0 atom stereocenters. The first kappa shape index (κ1) is 11.6. The van der Waals surface area contributed by atoms with Gasteiger partial charge in [-0.3, -0.25) is 0 Å². The third-order valence-electron chi connectivity index (χ3n) is 2.11. The number of nitrogens with zero attached hydrogens (tertiary/aromatic N) is 3. The highest BCUT2D eigenvalue weighted by molar-refractivity contribution is 5.84. The van der Waals surface area contributed by atoms with Crippen molar-refractivity contribution in [2.24, 2.45) is 0 Å². The number of nitriles is 1. The maximum Gasteiger partial charge on any atom is 0.371 e. The zero-order valence-electron chi connectivity index (χ0n) is 9.12. The highest BCUT2D eigenvalue weighted by Gasteiger charge is 2.09. The first-order chi connectivity index (χ1) is 8.70. The molecule has 0 unspecified atom stereocenters. The van der Waals surface area contributed by atoms with Gasteiger partial charge in [0.05, 0.1) is 6.54 Å². The fourth-order valence-electron chi connectivity index (χ4n) is 1.31. The van der Waals surface area contributed by atoms with E-state index in [-0.39, 0.29) is 18.0 Å². The lowest BCUT2D eigenvalue weighted by molar-refractivity contribution is 0.0660. The first-order valence-corrected chi connectivity index (χ1v) is 4.97. The van der Waals surface area contributed by atoms with Gasteiger partial charge in [0.1, 0.15) is 11.8 Å². The van der Waals surface area contributed by atoms with Crippen molar-refractivity contribution >= 4 is 11.8 Å². The van der Waals surface area contributed by atoms with E-state index < -0.39 is 5.97 Å². The SMILES string of the molecule is N#Cc1nccnc1NCc1ccc(C(=O)O)o1. The highest BCUT2D eigenvalue weighted by Crippen LogP contribution is 2.12. The molecular weight excluding hydrogens is 236 g/mol. The van der Waals surface area contributed by atoms with Gasteiger partial charge in [-0.2, -0.15) is 5.26 Å². The van der Waals surface area contributed by atoms with Crippen LogP contribution in [0.3, 0.4) is 0 Å². The van der Waals surface area contributed by atoms with Gasteiger partial charge in [-0.25, -0.2) is 14.8 Å². The summed E-state index contributed by atoms with van der Waals surface area (Å²) in [7, 11) is 0. The molecule has 0 saturated heterocycles. The highest BCUT2D eigenvalue weighted by atomic mass is 16.4. The molecule has 2 aromatic heterocycles. The summed E-state index contributed by atoms with van der Waals surface area (Å²) in [4.78, 5) is 18.4. The van der Waals surface area contributed by atoms with Crippen molar-refractivity contribution in [1.82, 2.24) is 9.97 Å². The normalized spacial score (nSPS) is 9.72. The third kappa shape index (κ3) is 2.44. The predicted octanol–water partition coefficient (Wildman–Crippen LogP) is 1.25. The molecule has 7 heteroatoms. The van der Waals surface area contributed by atoms with Crippen LogP contribution in [0.5, 0.6) is 0 Å². The minimum Gasteiger partial charge on any atom is -0.475 e. The van der Waals surface area contributed by atoms with Crippen molar-refractivity contribution < 1.29 is 14.3 Å². The van der Waals surface area contributed by atoms with Crippen molar-refractivity contribution in [3.8, 4) is 6.07 Å². The van der Waals surface area contributed by atoms with Gasteiger partial charge in [0.2, 0.25) is 5.76 Å². The Balaban J connectivity index is 2.07. The average molecular weight is 244 g/mol. The zero-order chi connectivity index (χ0) is 13.0. The molecule has 0 aliphatic rings.